The number of hydrogen-bond acceptors (Lipinski definition) is 9. The summed E-state index contributed by atoms with van der Waals surface area (Å²) in [7, 11) is 1.57. The molecule has 0 amide bonds. The van der Waals surface area contributed by atoms with Crippen molar-refractivity contribution in [3.05, 3.63) is 67.5 Å². The number of fused-ring (bicyclic) bond motifs is 1. The Balaban J connectivity index is 1.60. The van der Waals surface area contributed by atoms with Crippen molar-refractivity contribution in [1.29, 1.82) is 5.26 Å². The van der Waals surface area contributed by atoms with E-state index in [4.69, 9.17) is 19.2 Å². The maximum absolute atomic E-state index is 9.97. The van der Waals surface area contributed by atoms with Crippen LogP contribution in [0.5, 0.6) is 11.5 Å². The third kappa shape index (κ3) is 5.39. The molecule has 178 valence electrons. The molecule has 0 spiro atoms. The summed E-state index contributed by atoms with van der Waals surface area (Å²) in [4.78, 5) is 15.5. The van der Waals surface area contributed by atoms with E-state index in [0.29, 0.717) is 52.7 Å². The SMILES string of the molecule is C=CN=C(C=C)COc1ccc(Nc2ccc3ncc(N4CCOCC4)nc3c2C#N)cc1OC. The second-order valence-corrected chi connectivity index (χ2v) is 7.58. The van der Waals surface area contributed by atoms with Gasteiger partial charge in [0.1, 0.15) is 29.6 Å². The predicted molar refractivity (Wildman–Crippen MR) is 137 cm³/mol. The van der Waals surface area contributed by atoms with E-state index in [1.165, 1.54) is 6.20 Å². The second kappa shape index (κ2) is 11.1. The summed E-state index contributed by atoms with van der Waals surface area (Å²) in [5, 5.41) is 13.3. The highest BCUT2D eigenvalue weighted by atomic mass is 16.5. The van der Waals surface area contributed by atoms with Gasteiger partial charge in [0.25, 0.3) is 0 Å². The molecule has 2 aromatic carbocycles. The molecule has 35 heavy (non-hydrogen) atoms. The molecule has 0 saturated carbocycles. The molecule has 1 aromatic heterocycles. The fourth-order valence-corrected chi connectivity index (χ4v) is 3.67. The van der Waals surface area contributed by atoms with Crippen LogP contribution in [-0.4, -0.2) is 55.7 Å². The van der Waals surface area contributed by atoms with E-state index in [1.807, 2.05) is 18.2 Å². The van der Waals surface area contributed by atoms with Crippen LogP contribution in [0, 0.1) is 11.3 Å². The number of nitrogens with zero attached hydrogens (tertiary/aromatic N) is 5. The Labute approximate surface area is 204 Å². The first-order chi connectivity index (χ1) is 17.2. The molecule has 0 atom stereocenters. The molecule has 1 N–H and O–H groups in total. The number of rotatable bonds is 9. The number of benzene rings is 2. The van der Waals surface area contributed by atoms with Crippen molar-refractivity contribution >= 4 is 33.9 Å². The first-order valence-electron chi connectivity index (χ1n) is 11.1. The normalized spacial score (nSPS) is 13.7. The molecule has 9 nitrogen and oxygen atoms in total. The average Bonchev–Trinajstić information content (AvgIpc) is 2.91. The van der Waals surface area contributed by atoms with Crippen LogP contribution in [-0.2, 0) is 4.74 Å². The standard InChI is InChI=1S/C26H26N6O3/c1-4-18(28-5-2)17-35-23-9-6-19(14-24(23)33-3)30-21-7-8-22-26(20(21)15-27)31-25(16-29-22)32-10-12-34-13-11-32/h4-9,14,16,30H,1-2,10-13,17H2,3H3. The zero-order valence-corrected chi connectivity index (χ0v) is 19.5. The van der Waals surface area contributed by atoms with Gasteiger partial charge in [-0.2, -0.15) is 5.26 Å². The number of aromatic nitrogens is 2. The van der Waals surface area contributed by atoms with E-state index in [0.717, 1.165) is 24.6 Å². The lowest BCUT2D eigenvalue weighted by Gasteiger charge is -2.27. The maximum atomic E-state index is 9.97. The molecule has 1 saturated heterocycles. The number of hydrogen-bond donors (Lipinski definition) is 1. The number of nitrogens with one attached hydrogen (secondary N) is 1. The van der Waals surface area contributed by atoms with Gasteiger partial charge in [0.2, 0.25) is 0 Å². The van der Waals surface area contributed by atoms with Crippen molar-refractivity contribution < 1.29 is 14.2 Å². The van der Waals surface area contributed by atoms with Gasteiger partial charge in [-0.25, -0.2) is 4.98 Å². The number of aliphatic imine (C=N–C) groups is 1. The average molecular weight is 471 g/mol. The van der Waals surface area contributed by atoms with E-state index in [9.17, 15) is 5.26 Å². The topological polar surface area (TPSA) is 105 Å². The minimum atomic E-state index is 0.228. The number of morpholine rings is 1. The fraction of sp³-hybridized carbons (Fsp3) is 0.231. The molecule has 0 aliphatic carbocycles. The molecule has 0 radical (unpaired) electrons. The molecular formula is C26H26N6O3. The van der Waals surface area contributed by atoms with E-state index < -0.39 is 0 Å². The molecule has 3 aromatic rings. The van der Waals surface area contributed by atoms with E-state index in [2.05, 4.69) is 39.4 Å². The number of methoxy groups -OCH3 is 1. The van der Waals surface area contributed by atoms with Gasteiger partial charge in [-0.15, -0.1) is 0 Å². The Morgan fingerprint density at radius 2 is 2.09 bits per heavy atom. The minimum absolute atomic E-state index is 0.228. The Bertz CT molecular complexity index is 1310. The minimum Gasteiger partial charge on any atom is -0.493 e. The summed E-state index contributed by atoms with van der Waals surface area (Å²) in [6.07, 6.45) is 4.79. The fourth-order valence-electron chi connectivity index (χ4n) is 3.67. The van der Waals surface area contributed by atoms with Crippen molar-refractivity contribution in [3.8, 4) is 17.6 Å². The Kier molecular flexibility index (Phi) is 7.55. The van der Waals surface area contributed by atoms with Crippen molar-refractivity contribution in [2.75, 3.05) is 50.2 Å². The van der Waals surface area contributed by atoms with Gasteiger partial charge in [-0.1, -0.05) is 13.2 Å². The third-order valence-corrected chi connectivity index (χ3v) is 5.46. The number of nitriles is 1. The molecule has 0 unspecified atom stereocenters. The zero-order valence-electron chi connectivity index (χ0n) is 19.5. The third-order valence-electron chi connectivity index (χ3n) is 5.46. The van der Waals surface area contributed by atoms with Crippen molar-refractivity contribution in [3.63, 3.8) is 0 Å². The summed E-state index contributed by atoms with van der Waals surface area (Å²) in [6, 6.07) is 11.4. The van der Waals surface area contributed by atoms with Crippen LogP contribution in [0.4, 0.5) is 17.2 Å². The van der Waals surface area contributed by atoms with Gasteiger partial charge in [0.05, 0.1) is 43.4 Å². The molecule has 1 aliphatic rings. The van der Waals surface area contributed by atoms with Crippen molar-refractivity contribution in [2.24, 2.45) is 4.99 Å². The molecule has 1 aliphatic heterocycles. The summed E-state index contributed by atoms with van der Waals surface area (Å²) in [6.45, 7) is 10.3. The van der Waals surface area contributed by atoms with Crippen molar-refractivity contribution in [2.45, 2.75) is 0 Å². The Morgan fingerprint density at radius 3 is 2.80 bits per heavy atom. The zero-order chi connectivity index (χ0) is 24.6. The summed E-state index contributed by atoms with van der Waals surface area (Å²) >= 11 is 0. The van der Waals surface area contributed by atoms with Crippen LogP contribution in [0.15, 0.2) is 67.0 Å². The first-order valence-corrected chi connectivity index (χ1v) is 11.1. The van der Waals surface area contributed by atoms with Crippen LogP contribution >= 0.6 is 0 Å². The van der Waals surface area contributed by atoms with Gasteiger partial charge in [-0.05, 0) is 30.3 Å². The van der Waals surface area contributed by atoms with E-state index >= 15 is 0 Å². The lowest BCUT2D eigenvalue weighted by atomic mass is 10.1. The summed E-state index contributed by atoms with van der Waals surface area (Å²) < 4.78 is 16.8. The van der Waals surface area contributed by atoms with Gasteiger partial charge in [-0.3, -0.25) is 9.98 Å². The van der Waals surface area contributed by atoms with Crippen LogP contribution in [0.3, 0.4) is 0 Å². The van der Waals surface area contributed by atoms with Gasteiger partial charge < -0.3 is 24.4 Å². The smallest absolute Gasteiger partial charge is 0.162 e. The van der Waals surface area contributed by atoms with E-state index in [1.54, 1.807) is 31.5 Å². The number of ether oxygens (including phenoxy) is 3. The quantitative estimate of drug-likeness (QED) is 0.463. The van der Waals surface area contributed by atoms with E-state index in [-0.39, 0.29) is 6.61 Å². The monoisotopic (exact) mass is 470 g/mol. The Morgan fingerprint density at radius 1 is 1.26 bits per heavy atom. The highest BCUT2D eigenvalue weighted by molar-refractivity contribution is 5.96. The lowest BCUT2D eigenvalue weighted by molar-refractivity contribution is 0.122. The van der Waals surface area contributed by atoms with Crippen LogP contribution in [0.25, 0.3) is 11.0 Å². The van der Waals surface area contributed by atoms with Gasteiger partial charge in [0.15, 0.2) is 11.5 Å². The largest absolute Gasteiger partial charge is 0.493 e. The van der Waals surface area contributed by atoms with Crippen molar-refractivity contribution in [1.82, 2.24) is 9.97 Å². The van der Waals surface area contributed by atoms with Gasteiger partial charge >= 0.3 is 0 Å². The second-order valence-electron chi connectivity index (χ2n) is 7.58. The van der Waals surface area contributed by atoms with Crippen LogP contribution < -0.4 is 19.7 Å². The summed E-state index contributed by atoms with van der Waals surface area (Å²) in [5.41, 5.74) is 3.62. The Hall–Kier alpha value is -4.42. The first kappa shape index (κ1) is 23.7. The molecular weight excluding hydrogens is 444 g/mol. The van der Waals surface area contributed by atoms with Gasteiger partial charge in [0, 0.05) is 31.0 Å². The molecule has 0 bridgehead atoms. The number of anilines is 3. The molecule has 1 fully saturated rings. The molecule has 2 heterocycles. The predicted octanol–water partition coefficient (Wildman–Crippen LogP) is 4.24. The molecule has 4 rings (SSSR count). The lowest BCUT2D eigenvalue weighted by Crippen LogP contribution is -2.36. The maximum Gasteiger partial charge on any atom is 0.162 e. The highest BCUT2D eigenvalue weighted by Gasteiger charge is 2.17. The molecule has 9 heteroatoms. The van der Waals surface area contributed by atoms with Crippen LogP contribution in [0.2, 0.25) is 0 Å². The summed E-state index contributed by atoms with van der Waals surface area (Å²) in [5.74, 6) is 1.82. The van der Waals surface area contributed by atoms with Crippen LogP contribution in [0.1, 0.15) is 5.56 Å². The highest BCUT2D eigenvalue weighted by Crippen LogP contribution is 2.33.